The monoisotopic (exact) mass is 639 g/mol. The van der Waals surface area contributed by atoms with Crippen LogP contribution in [0.25, 0.3) is 16.5 Å². The van der Waals surface area contributed by atoms with E-state index in [2.05, 4.69) is 47.6 Å². The highest BCUT2D eigenvalue weighted by Gasteiger charge is 2.47. The highest BCUT2D eigenvalue weighted by Crippen LogP contribution is 2.47. The molecule has 0 fully saturated rings. The standard InChI is InChI=1S/C35H41N5O5Si/c1-23-33(44-3)30-20-26(40-35(42)29-9-7-6-8-24(29)21-36-40)10-15-31(30)45-34(23)32(16-18-39-22-25(17-19-41)37-38-39)46(4,5)28-13-11-27(43-2)12-14-28/h6-15,20-23,32-34,41H,16-19H2,1-5H3/t23-,32?,33-,34-/m1/s1. The van der Waals surface area contributed by atoms with E-state index in [0.29, 0.717) is 24.0 Å². The summed E-state index contributed by atoms with van der Waals surface area (Å²) < 4.78 is 21.9. The molecule has 10 nitrogen and oxygen atoms in total. The number of benzene rings is 3. The SMILES string of the molecule is COc1ccc([Si](C)(C)C(CCn2cc(CCO)nn2)[C@@H]2Oc3ccc(-n4ncc5ccccc5c4=O)cc3[C@H](OC)[C@H]2C)cc1. The number of methoxy groups -OCH3 is 2. The average Bonchev–Trinajstić information content (AvgIpc) is 3.52. The number of hydrogen-bond acceptors (Lipinski definition) is 8. The maximum Gasteiger partial charge on any atom is 0.279 e. The second kappa shape index (κ2) is 13.2. The summed E-state index contributed by atoms with van der Waals surface area (Å²) in [6.07, 6.45) is 4.54. The third-order valence-electron chi connectivity index (χ3n) is 9.53. The van der Waals surface area contributed by atoms with Crippen LogP contribution in [0.4, 0.5) is 0 Å². The first-order valence-electron chi connectivity index (χ1n) is 15.7. The number of hydrogen-bond donors (Lipinski definition) is 1. The summed E-state index contributed by atoms with van der Waals surface area (Å²) in [5.74, 6) is 1.59. The topological polar surface area (TPSA) is 114 Å². The van der Waals surface area contributed by atoms with Crippen molar-refractivity contribution in [3.63, 3.8) is 0 Å². The minimum atomic E-state index is -2.19. The second-order valence-electron chi connectivity index (χ2n) is 12.6. The fraction of sp³-hybridized carbons (Fsp3) is 0.371. The van der Waals surface area contributed by atoms with E-state index in [4.69, 9.17) is 14.2 Å². The van der Waals surface area contributed by atoms with Crippen LogP contribution in [0.3, 0.4) is 0 Å². The fourth-order valence-corrected chi connectivity index (χ4v) is 10.4. The lowest BCUT2D eigenvalue weighted by molar-refractivity contribution is -0.0234. The van der Waals surface area contributed by atoms with E-state index >= 15 is 0 Å². The number of aliphatic hydroxyl groups excluding tert-OH is 1. The van der Waals surface area contributed by atoms with Gasteiger partial charge in [-0.25, -0.2) is 0 Å². The van der Waals surface area contributed by atoms with Crippen molar-refractivity contribution >= 4 is 24.0 Å². The van der Waals surface area contributed by atoms with Gasteiger partial charge in [0.1, 0.15) is 17.6 Å². The molecule has 1 unspecified atom stereocenters. The molecule has 0 spiro atoms. The minimum absolute atomic E-state index is 0.00440. The molecule has 0 amide bonds. The van der Waals surface area contributed by atoms with Crippen molar-refractivity contribution in [1.82, 2.24) is 24.8 Å². The maximum absolute atomic E-state index is 13.4. The van der Waals surface area contributed by atoms with Gasteiger partial charge in [-0.3, -0.25) is 9.48 Å². The Balaban J connectivity index is 1.36. The second-order valence-corrected chi connectivity index (χ2v) is 17.3. The van der Waals surface area contributed by atoms with Gasteiger partial charge < -0.3 is 19.3 Å². The fourth-order valence-electron chi connectivity index (χ4n) is 6.89. The largest absolute Gasteiger partial charge is 0.497 e. The first kappa shape index (κ1) is 31.7. The number of ether oxygens (including phenoxy) is 3. The van der Waals surface area contributed by atoms with Gasteiger partial charge in [-0.2, -0.15) is 9.78 Å². The van der Waals surface area contributed by atoms with Gasteiger partial charge >= 0.3 is 0 Å². The third kappa shape index (κ3) is 5.97. The Labute approximate surface area is 269 Å². The lowest BCUT2D eigenvalue weighted by atomic mass is 9.86. The number of aromatic nitrogens is 5. The molecular formula is C35H41N5O5Si. The van der Waals surface area contributed by atoms with Crippen LogP contribution in [-0.2, 0) is 17.7 Å². The molecule has 6 rings (SSSR count). The Morgan fingerprint density at radius 2 is 1.85 bits per heavy atom. The number of rotatable bonds is 11. The lowest BCUT2D eigenvalue weighted by Crippen LogP contribution is -2.54. The van der Waals surface area contributed by atoms with Crippen LogP contribution in [0.2, 0.25) is 18.6 Å². The molecule has 3 aromatic carbocycles. The number of aryl methyl sites for hydroxylation is 1. The molecule has 0 bridgehead atoms. The molecule has 46 heavy (non-hydrogen) atoms. The van der Waals surface area contributed by atoms with Crippen molar-refractivity contribution < 1.29 is 19.3 Å². The molecule has 5 aromatic rings. The van der Waals surface area contributed by atoms with Crippen molar-refractivity contribution in [2.45, 2.75) is 57.2 Å². The van der Waals surface area contributed by atoms with Crippen LogP contribution in [-0.4, -0.2) is 64.9 Å². The molecule has 4 atom stereocenters. The van der Waals surface area contributed by atoms with Crippen molar-refractivity contribution in [1.29, 1.82) is 0 Å². The van der Waals surface area contributed by atoms with Gasteiger partial charge in [-0.05, 0) is 48.4 Å². The Hall–Kier alpha value is -4.32. The molecular weight excluding hydrogens is 599 g/mol. The van der Waals surface area contributed by atoms with Gasteiger partial charge in [0.15, 0.2) is 0 Å². The Morgan fingerprint density at radius 1 is 1.07 bits per heavy atom. The molecule has 0 saturated carbocycles. The van der Waals surface area contributed by atoms with E-state index in [1.807, 2.05) is 65.5 Å². The molecule has 240 valence electrons. The molecule has 0 aliphatic carbocycles. The molecule has 2 aromatic heterocycles. The number of nitrogens with zero attached hydrogens (tertiary/aromatic N) is 5. The highest BCUT2D eigenvalue weighted by atomic mass is 28.3. The summed E-state index contributed by atoms with van der Waals surface area (Å²) in [6, 6.07) is 21.7. The average molecular weight is 640 g/mol. The highest BCUT2D eigenvalue weighted by molar-refractivity contribution is 6.91. The third-order valence-corrected chi connectivity index (χ3v) is 13.8. The van der Waals surface area contributed by atoms with Gasteiger partial charge in [-0.1, -0.05) is 60.7 Å². The Bertz CT molecular complexity index is 1870. The number of aliphatic hydroxyl groups is 1. The van der Waals surface area contributed by atoms with E-state index in [1.54, 1.807) is 20.4 Å². The van der Waals surface area contributed by atoms with E-state index in [9.17, 15) is 9.90 Å². The summed E-state index contributed by atoms with van der Waals surface area (Å²) in [5.41, 5.74) is 2.35. The molecule has 1 aliphatic rings. The molecule has 1 aliphatic heterocycles. The normalized spacial score (nSPS) is 18.6. The smallest absolute Gasteiger partial charge is 0.279 e. The zero-order valence-corrected chi connectivity index (χ0v) is 28.0. The zero-order valence-electron chi connectivity index (χ0n) is 27.0. The molecule has 0 saturated heterocycles. The van der Waals surface area contributed by atoms with Crippen LogP contribution in [0.1, 0.15) is 30.7 Å². The van der Waals surface area contributed by atoms with Crippen LogP contribution in [0.15, 0.2) is 83.9 Å². The minimum Gasteiger partial charge on any atom is -0.497 e. The van der Waals surface area contributed by atoms with Gasteiger partial charge in [-0.15, -0.1) is 5.10 Å². The number of fused-ring (bicyclic) bond motifs is 2. The molecule has 0 radical (unpaired) electrons. The summed E-state index contributed by atoms with van der Waals surface area (Å²) in [4.78, 5) is 13.4. The van der Waals surface area contributed by atoms with Crippen molar-refractivity contribution in [3.8, 4) is 17.2 Å². The van der Waals surface area contributed by atoms with Crippen LogP contribution >= 0.6 is 0 Å². The molecule has 11 heteroatoms. The Kier molecular flexibility index (Phi) is 9.08. The first-order chi connectivity index (χ1) is 22.2. The summed E-state index contributed by atoms with van der Waals surface area (Å²) in [7, 11) is 1.23. The summed E-state index contributed by atoms with van der Waals surface area (Å²) in [5, 5.41) is 25.1. The lowest BCUT2D eigenvalue weighted by Gasteiger charge is -2.46. The van der Waals surface area contributed by atoms with E-state index in [-0.39, 0.29) is 35.8 Å². The predicted molar refractivity (Wildman–Crippen MR) is 180 cm³/mol. The van der Waals surface area contributed by atoms with Crippen LogP contribution in [0.5, 0.6) is 11.5 Å². The predicted octanol–water partition coefficient (Wildman–Crippen LogP) is 4.68. The van der Waals surface area contributed by atoms with E-state index < -0.39 is 8.07 Å². The van der Waals surface area contributed by atoms with Crippen LogP contribution < -0.4 is 20.2 Å². The van der Waals surface area contributed by atoms with Crippen molar-refractivity contribution in [3.05, 3.63) is 101 Å². The van der Waals surface area contributed by atoms with Crippen molar-refractivity contribution in [2.75, 3.05) is 20.8 Å². The Morgan fingerprint density at radius 3 is 2.59 bits per heavy atom. The van der Waals surface area contributed by atoms with Gasteiger partial charge in [0, 0.05) is 49.7 Å². The quantitative estimate of drug-likeness (QED) is 0.207. The molecule has 3 heterocycles. The summed E-state index contributed by atoms with van der Waals surface area (Å²) >= 11 is 0. The van der Waals surface area contributed by atoms with Crippen molar-refractivity contribution in [2.24, 2.45) is 5.92 Å². The summed E-state index contributed by atoms with van der Waals surface area (Å²) in [6.45, 7) is 7.69. The van der Waals surface area contributed by atoms with Gasteiger partial charge in [0.05, 0.1) is 44.3 Å². The van der Waals surface area contributed by atoms with Crippen LogP contribution in [0, 0.1) is 5.92 Å². The maximum atomic E-state index is 13.4. The van der Waals surface area contributed by atoms with E-state index in [0.717, 1.165) is 34.6 Å². The zero-order chi connectivity index (χ0) is 32.4. The van der Waals surface area contributed by atoms with Gasteiger partial charge in [0.2, 0.25) is 0 Å². The molecule has 1 N–H and O–H groups in total. The van der Waals surface area contributed by atoms with E-state index in [1.165, 1.54) is 9.87 Å². The first-order valence-corrected chi connectivity index (χ1v) is 18.8. The van der Waals surface area contributed by atoms with Gasteiger partial charge in [0.25, 0.3) is 5.56 Å².